The number of para-hydroxylation sites is 1. The lowest BCUT2D eigenvalue weighted by molar-refractivity contribution is -0.132. The monoisotopic (exact) mass is 360 g/mol. The van der Waals surface area contributed by atoms with Gasteiger partial charge in [-0.15, -0.1) is 0 Å². The highest BCUT2D eigenvalue weighted by atomic mass is 16.6. The van der Waals surface area contributed by atoms with Crippen molar-refractivity contribution in [3.05, 3.63) is 23.8 Å². The standard InChI is InChI=1S/C19H24N2O5/c1-19(2)10-13-4-3-5-15(17(13)26-19)25-12-16(22)20-7-6-14(11-20)21-8-9-24-18(21)23/h3-5,14H,6-12H2,1-2H3. The lowest BCUT2D eigenvalue weighted by Gasteiger charge is -2.22. The molecule has 0 bridgehead atoms. The van der Waals surface area contributed by atoms with Crippen molar-refractivity contribution in [1.82, 2.24) is 9.80 Å². The number of carbonyl (C=O) groups is 2. The van der Waals surface area contributed by atoms with Gasteiger partial charge >= 0.3 is 6.09 Å². The minimum Gasteiger partial charge on any atom is -0.483 e. The Morgan fingerprint density at radius 3 is 2.96 bits per heavy atom. The molecule has 3 aliphatic rings. The van der Waals surface area contributed by atoms with E-state index in [0.717, 1.165) is 24.2 Å². The van der Waals surface area contributed by atoms with Gasteiger partial charge in [0.2, 0.25) is 0 Å². The zero-order valence-electron chi connectivity index (χ0n) is 15.2. The summed E-state index contributed by atoms with van der Waals surface area (Å²) in [7, 11) is 0. The topological polar surface area (TPSA) is 68.3 Å². The van der Waals surface area contributed by atoms with Crippen molar-refractivity contribution < 1.29 is 23.8 Å². The molecule has 0 N–H and O–H groups in total. The first-order valence-corrected chi connectivity index (χ1v) is 9.08. The summed E-state index contributed by atoms with van der Waals surface area (Å²) >= 11 is 0. The molecule has 0 saturated carbocycles. The van der Waals surface area contributed by atoms with E-state index < -0.39 is 0 Å². The SMILES string of the molecule is CC1(C)Cc2cccc(OCC(=O)N3CCC(N4CCOC4=O)C3)c2O1. The Hall–Kier alpha value is -2.44. The molecule has 7 heteroatoms. The van der Waals surface area contributed by atoms with Crippen LogP contribution in [0.25, 0.3) is 0 Å². The average molecular weight is 360 g/mol. The second-order valence-electron chi connectivity index (χ2n) is 7.66. The molecule has 140 valence electrons. The van der Waals surface area contributed by atoms with Crippen molar-refractivity contribution in [3.63, 3.8) is 0 Å². The van der Waals surface area contributed by atoms with E-state index in [-0.39, 0.29) is 30.3 Å². The zero-order chi connectivity index (χ0) is 18.3. The smallest absolute Gasteiger partial charge is 0.410 e. The van der Waals surface area contributed by atoms with E-state index in [4.69, 9.17) is 14.2 Å². The Bertz CT molecular complexity index is 733. The van der Waals surface area contributed by atoms with Crippen LogP contribution in [0.15, 0.2) is 18.2 Å². The fourth-order valence-corrected chi connectivity index (χ4v) is 3.89. The fraction of sp³-hybridized carbons (Fsp3) is 0.579. The van der Waals surface area contributed by atoms with Crippen molar-refractivity contribution in [2.45, 2.75) is 38.3 Å². The zero-order valence-corrected chi connectivity index (χ0v) is 15.2. The first-order valence-electron chi connectivity index (χ1n) is 9.08. The first-order chi connectivity index (χ1) is 12.4. The second kappa shape index (κ2) is 6.37. The van der Waals surface area contributed by atoms with Crippen LogP contribution in [0.2, 0.25) is 0 Å². The molecule has 0 radical (unpaired) electrons. The Morgan fingerprint density at radius 2 is 2.19 bits per heavy atom. The molecular weight excluding hydrogens is 336 g/mol. The fourth-order valence-electron chi connectivity index (χ4n) is 3.89. The summed E-state index contributed by atoms with van der Waals surface area (Å²) in [6.45, 7) is 6.25. The third kappa shape index (κ3) is 3.18. The minimum absolute atomic E-state index is 0.0303. The molecule has 26 heavy (non-hydrogen) atoms. The minimum atomic E-state index is -0.278. The van der Waals surface area contributed by atoms with E-state index in [2.05, 4.69) is 0 Å². The maximum Gasteiger partial charge on any atom is 0.410 e. The molecule has 7 nitrogen and oxygen atoms in total. The molecule has 1 aromatic carbocycles. The van der Waals surface area contributed by atoms with Crippen LogP contribution in [0.3, 0.4) is 0 Å². The highest BCUT2D eigenvalue weighted by Gasteiger charge is 2.36. The summed E-state index contributed by atoms with van der Waals surface area (Å²) in [6, 6.07) is 5.83. The van der Waals surface area contributed by atoms with Crippen molar-refractivity contribution in [3.8, 4) is 11.5 Å². The Morgan fingerprint density at radius 1 is 1.35 bits per heavy atom. The van der Waals surface area contributed by atoms with Crippen LogP contribution in [-0.4, -0.2) is 66.3 Å². The number of fused-ring (bicyclic) bond motifs is 1. The number of likely N-dealkylation sites (tertiary alicyclic amines) is 1. The number of rotatable bonds is 4. The van der Waals surface area contributed by atoms with Crippen LogP contribution in [0.5, 0.6) is 11.5 Å². The van der Waals surface area contributed by atoms with Gasteiger partial charge in [0, 0.05) is 25.1 Å². The average Bonchev–Trinajstić information content (AvgIpc) is 3.29. The van der Waals surface area contributed by atoms with Crippen molar-refractivity contribution >= 4 is 12.0 Å². The predicted octanol–water partition coefficient (Wildman–Crippen LogP) is 1.83. The van der Waals surface area contributed by atoms with Crippen LogP contribution < -0.4 is 9.47 Å². The Balaban J connectivity index is 1.34. The molecule has 1 atom stereocenters. The lowest BCUT2D eigenvalue weighted by Crippen LogP contribution is -2.40. The van der Waals surface area contributed by atoms with Gasteiger partial charge in [-0.1, -0.05) is 12.1 Å². The first kappa shape index (κ1) is 17.0. The molecule has 3 aliphatic heterocycles. The van der Waals surface area contributed by atoms with E-state index in [1.54, 1.807) is 9.80 Å². The maximum absolute atomic E-state index is 12.5. The number of nitrogens with zero attached hydrogens (tertiary/aromatic N) is 2. The highest BCUT2D eigenvalue weighted by Crippen LogP contribution is 2.41. The van der Waals surface area contributed by atoms with Crippen LogP contribution >= 0.6 is 0 Å². The van der Waals surface area contributed by atoms with E-state index in [1.807, 2.05) is 32.0 Å². The quantitative estimate of drug-likeness (QED) is 0.819. The van der Waals surface area contributed by atoms with Gasteiger partial charge in [-0.3, -0.25) is 9.69 Å². The van der Waals surface area contributed by atoms with Crippen molar-refractivity contribution in [1.29, 1.82) is 0 Å². The maximum atomic E-state index is 12.5. The molecular formula is C19H24N2O5. The lowest BCUT2D eigenvalue weighted by atomic mass is 10.0. The summed E-state index contributed by atoms with van der Waals surface area (Å²) in [5, 5.41) is 0. The normalized spacial score (nSPS) is 23.6. The van der Waals surface area contributed by atoms with Gasteiger partial charge in [0.05, 0.1) is 12.6 Å². The van der Waals surface area contributed by atoms with Crippen LogP contribution in [0.1, 0.15) is 25.8 Å². The number of benzene rings is 1. The second-order valence-corrected chi connectivity index (χ2v) is 7.66. The van der Waals surface area contributed by atoms with E-state index in [0.29, 0.717) is 32.0 Å². The van der Waals surface area contributed by atoms with Crippen LogP contribution in [-0.2, 0) is 16.0 Å². The third-order valence-electron chi connectivity index (χ3n) is 5.16. The number of ether oxygens (including phenoxy) is 3. The molecule has 2 saturated heterocycles. The van der Waals surface area contributed by atoms with Gasteiger partial charge in [-0.05, 0) is 26.3 Å². The molecule has 1 aromatic rings. The molecule has 0 aromatic heterocycles. The Labute approximate surface area is 152 Å². The number of amides is 2. The number of carbonyl (C=O) groups excluding carboxylic acids is 2. The molecule has 4 rings (SSSR count). The number of cyclic esters (lactones) is 1. The van der Waals surface area contributed by atoms with Gasteiger partial charge in [0.15, 0.2) is 18.1 Å². The molecule has 1 unspecified atom stereocenters. The molecule has 0 spiro atoms. The molecule has 3 heterocycles. The van der Waals surface area contributed by atoms with Crippen molar-refractivity contribution in [2.75, 3.05) is 32.8 Å². The van der Waals surface area contributed by atoms with Gasteiger partial charge in [-0.2, -0.15) is 0 Å². The largest absolute Gasteiger partial charge is 0.483 e. The summed E-state index contributed by atoms with van der Waals surface area (Å²) in [4.78, 5) is 27.7. The van der Waals surface area contributed by atoms with Gasteiger partial charge < -0.3 is 19.1 Å². The van der Waals surface area contributed by atoms with Crippen molar-refractivity contribution in [2.24, 2.45) is 0 Å². The van der Waals surface area contributed by atoms with Gasteiger partial charge in [-0.25, -0.2) is 4.79 Å². The highest BCUT2D eigenvalue weighted by molar-refractivity contribution is 5.78. The van der Waals surface area contributed by atoms with E-state index in [9.17, 15) is 9.59 Å². The number of hydrogen-bond acceptors (Lipinski definition) is 5. The van der Waals surface area contributed by atoms with E-state index >= 15 is 0 Å². The summed E-state index contributed by atoms with van der Waals surface area (Å²) in [5.74, 6) is 1.28. The Kier molecular flexibility index (Phi) is 4.17. The van der Waals surface area contributed by atoms with E-state index in [1.165, 1.54) is 0 Å². The summed E-state index contributed by atoms with van der Waals surface area (Å²) < 4.78 is 16.7. The molecule has 2 amide bonds. The van der Waals surface area contributed by atoms with Crippen LogP contribution in [0, 0.1) is 0 Å². The molecule has 0 aliphatic carbocycles. The van der Waals surface area contributed by atoms with Gasteiger partial charge in [0.25, 0.3) is 5.91 Å². The summed E-state index contributed by atoms with van der Waals surface area (Å²) in [6.07, 6.45) is 1.33. The van der Waals surface area contributed by atoms with Crippen LogP contribution in [0.4, 0.5) is 4.79 Å². The third-order valence-corrected chi connectivity index (χ3v) is 5.16. The summed E-state index contributed by atoms with van der Waals surface area (Å²) in [5.41, 5.74) is 0.854. The van der Waals surface area contributed by atoms with Gasteiger partial charge in [0.1, 0.15) is 12.2 Å². The number of hydrogen-bond donors (Lipinski definition) is 0. The molecule has 2 fully saturated rings. The predicted molar refractivity (Wildman–Crippen MR) is 93.4 cm³/mol.